The molecule has 0 spiro atoms. The van der Waals surface area contributed by atoms with Gasteiger partial charge in [0.25, 0.3) is 0 Å². The van der Waals surface area contributed by atoms with E-state index < -0.39 is 0 Å². The minimum Gasteiger partial charge on any atom is -0.251 e. The maximum Gasteiger partial charge on any atom is 0.0991 e. The van der Waals surface area contributed by atoms with Gasteiger partial charge < -0.3 is 0 Å². The highest BCUT2D eigenvalue weighted by Gasteiger charge is 2.22. The van der Waals surface area contributed by atoms with E-state index in [9.17, 15) is 4.39 Å². The van der Waals surface area contributed by atoms with Crippen LogP contribution < -0.4 is 0 Å². The van der Waals surface area contributed by atoms with E-state index in [1.54, 1.807) is 0 Å². The first-order valence-corrected chi connectivity index (χ1v) is 9.96. The normalized spacial score (nSPS) is 19.8. The van der Waals surface area contributed by atoms with Crippen LogP contribution in [-0.4, -0.2) is 6.67 Å². The quantitative estimate of drug-likeness (QED) is 0.492. The lowest BCUT2D eigenvalue weighted by molar-refractivity contribution is 0.300. The molecule has 0 aromatic heterocycles. The molecule has 2 aromatic carbocycles. The minimum absolute atomic E-state index is 0.162. The van der Waals surface area contributed by atoms with E-state index in [0.717, 1.165) is 24.3 Å². The predicted octanol–water partition coefficient (Wildman–Crippen LogP) is 7.03. The molecule has 3 rings (SSSR count). The molecule has 1 nitrogen and oxygen atoms in total. The van der Waals surface area contributed by atoms with Crippen LogP contribution in [0.2, 0.25) is 0 Å². The van der Waals surface area contributed by atoms with Crippen LogP contribution in [0.5, 0.6) is 0 Å². The molecule has 2 heteroatoms. The summed E-state index contributed by atoms with van der Waals surface area (Å²) in [6.07, 6.45) is 9.46. The Balaban J connectivity index is 1.52. The number of benzene rings is 2. The van der Waals surface area contributed by atoms with Crippen LogP contribution in [-0.2, 0) is 0 Å². The number of hydrogen-bond donors (Lipinski definition) is 0. The lowest BCUT2D eigenvalue weighted by Gasteiger charge is -2.29. The van der Waals surface area contributed by atoms with Crippen molar-refractivity contribution in [3.05, 3.63) is 59.7 Å². The highest BCUT2D eigenvalue weighted by Crippen LogP contribution is 2.38. The maximum atomic E-state index is 12.2. The van der Waals surface area contributed by atoms with E-state index in [1.165, 1.54) is 49.7 Å². The Kier molecular flexibility index (Phi) is 6.83. The summed E-state index contributed by atoms with van der Waals surface area (Å²) in [7, 11) is 0. The maximum absolute atomic E-state index is 12.2. The summed E-state index contributed by atoms with van der Waals surface area (Å²) in [5.74, 6) is 1.54. The van der Waals surface area contributed by atoms with Crippen LogP contribution in [0.15, 0.2) is 48.5 Å². The molecular formula is C24H28FN. The molecule has 0 unspecified atom stereocenters. The van der Waals surface area contributed by atoms with E-state index in [4.69, 9.17) is 5.26 Å². The molecule has 0 amide bonds. The number of alkyl halides is 1. The Morgan fingerprint density at radius 3 is 2.00 bits per heavy atom. The second kappa shape index (κ2) is 9.53. The first kappa shape index (κ1) is 18.6. The molecule has 1 fully saturated rings. The van der Waals surface area contributed by atoms with Crippen molar-refractivity contribution in [1.82, 2.24) is 0 Å². The predicted molar refractivity (Wildman–Crippen MR) is 106 cm³/mol. The van der Waals surface area contributed by atoms with Gasteiger partial charge in [0, 0.05) is 0 Å². The molecule has 2 aromatic rings. The van der Waals surface area contributed by atoms with Crippen LogP contribution in [0.4, 0.5) is 4.39 Å². The molecule has 0 aliphatic heterocycles. The number of rotatable bonds is 7. The number of nitriles is 1. The summed E-state index contributed by atoms with van der Waals surface area (Å²) >= 11 is 0. The van der Waals surface area contributed by atoms with E-state index in [2.05, 4.69) is 30.3 Å². The van der Waals surface area contributed by atoms with Gasteiger partial charge in [0.15, 0.2) is 0 Å². The Morgan fingerprint density at radius 2 is 1.42 bits per heavy atom. The van der Waals surface area contributed by atoms with Crippen LogP contribution in [0.25, 0.3) is 11.1 Å². The van der Waals surface area contributed by atoms with E-state index in [-0.39, 0.29) is 6.67 Å². The number of hydrogen-bond acceptors (Lipinski definition) is 1. The van der Waals surface area contributed by atoms with Gasteiger partial charge in [-0.2, -0.15) is 5.26 Å². The molecule has 0 radical (unpaired) electrons. The number of unbranched alkanes of at least 4 members (excludes halogenated alkanes) is 2. The summed E-state index contributed by atoms with van der Waals surface area (Å²) in [6, 6.07) is 18.9. The fraction of sp³-hybridized carbons (Fsp3) is 0.458. The molecular weight excluding hydrogens is 321 g/mol. The van der Waals surface area contributed by atoms with Crippen molar-refractivity contribution in [2.75, 3.05) is 6.67 Å². The topological polar surface area (TPSA) is 23.8 Å². The summed E-state index contributed by atoms with van der Waals surface area (Å²) in [5.41, 5.74) is 4.53. The second-order valence-electron chi connectivity index (χ2n) is 7.57. The largest absolute Gasteiger partial charge is 0.251 e. The fourth-order valence-electron chi connectivity index (χ4n) is 4.17. The van der Waals surface area contributed by atoms with Gasteiger partial charge in [0.1, 0.15) is 0 Å². The molecule has 0 N–H and O–H groups in total. The molecule has 0 atom stereocenters. The van der Waals surface area contributed by atoms with Crippen molar-refractivity contribution in [1.29, 1.82) is 5.26 Å². The van der Waals surface area contributed by atoms with Crippen LogP contribution in [0.1, 0.15) is 68.4 Å². The van der Waals surface area contributed by atoms with Gasteiger partial charge in [-0.3, -0.25) is 4.39 Å². The Hall–Kier alpha value is -2.14. The van der Waals surface area contributed by atoms with Gasteiger partial charge in [0.2, 0.25) is 0 Å². The first-order chi connectivity index (χ1) is 12.8. The lowest BCUT2D eigenvalue weighted by atomic mass is 9.77. The van der Waals surface area contributed by atoms with Crippen molar-refractivity contribution in [2.45, 2.75) is 57.3 Å². The fourth-order valence-corrected chi connectivity index (χ4v) is 4.17. The number of halogens is 1. The highest BCUT2D eigenvalue weighted by molar-refractivity contribution is 5.64. The summed E-state index contributed by atoms with van der Waals surface area (Å²) < 4.78 is 12.2. The van der Waals surface area contributed by atoms with Gasteiger partial charge in [-0.1, -0.05) is 55.7 Å². The third-order valence-corrected chi connectivity index (χ3v) is 5.82. The smallest absolute Gasteiger partial charge is 0.0991 e. The third-order valence-electron chi connectivity index (χ3n) is 5.82. The lowest BCUT2D eigenvalue weighted by Crippen LogP contribution is -2.13. The van der Waals surface area contributed by atoms with Crippen molar-refractivity contribution < 1.29 is 4.39 Å². The van der Waals surface area contributed by atoms with Gasteiger partial charge in [-0.25, -0.2) is 0 Å². The zero-order valence-corrected chi connectivity index (χ0v) is 15.5. The Morgan fingerprint density at radius 1 is 0.808 bits per heavy atom. The van der Waals surface area contributed by atoms with Crippen molar-refractivity contribution in [2.24, 2.45) is 5.92 Å². The second-order valence-corrected chi connectivity index (χ2v) is 7.57. The summed E-state index contributed by atoms with van der Waals surface area (Å²) in [6.45, 7) is -0.162. The SMILES string of the molecule is N#Cc1ccc(-c2ccc([C@H]3CC[C@H](CCCCCF)CC3)cc2)cc1. The molecule has 0 heterocycles. The summed E-state index contributed by atoms with van der Waals surface area (Å²) in [5, 5.41) is 8.91. The standard InChI is InChI=1S/C24H28FN/c25-17-3-1-2-4-19-5-9-21(10-6-19)23-13-15-24(16-14-23)22-11-7-20(18-26)8-12-22/h7-8,11-16,19,21H,1-6,9-10,17H2/t19-,21-. The molecule has 136 valence electrons. The van der Waals surface area contributed by atoms with Gasteiger partial charge in [-0.05, 0) is 72.8 Å². The molecule has 0 saturated heterocycles. The highest BCUT2D eigenvalue weighted by atomic mass is 19.1. The first-order valence-electron chi connectivity index (χ1n) is 9.96. The van der Waals surface area contributed by atoms with E-state index in [1.807, 2.05) is 24.3 Å². The van der Waals surface area contributed by atoms with Crippen molar-refractivity contribution >= 4 is 0 Å². The third kappa shape index (κ3) is 4.94. The molecule has 1 aliphatic carbocycles. The van der Waals surface area contributed by atoms with Crippen LogP contribution >= 0.6 is 0 Å². The zero-order chi connectivity index (χ0) is 18.2. The Bertz CT molecular complexity index is 703. The molecule has 1 aliphatic rings. The summed E-state index contributed by atoms with van der Waals surface area (Å²) in [4.78, 5) is 0. The average Bonchev–Trinajstić information content (AvgIpc) is 2.72. The molecule has 1 saturated carbocycles. The number of nitrogens with zero attached hydrogens (tertiary/aromatic N) is 1. The van der Waals surface area contributed by atoms with Gasteiger partial charge in [-0.15, -0.1) is 0 Å². The van der Waals surface area contributed by atoms with Crippen molar-refractivity contribution in [3.8, 4) is 17.2 Å². The molecule has 26 heavy (non-hydrogen) atoms. The minimum atomic E-state index is -0.162. The van der Waals surface area contributed by atoms with Gasteiger partial charge >= 0.3 is 0 Å². The van der Waals surface area contributed by atoms with Crippen molar-refractivity contribution in [3.63, 3.8) is 0 Å². The average molecular weight is 349 g/mol. The monoisotopic (exact) mass is 349 g/mol. The van der Waals surface area contributed by atoms with E-state index >= 15 is 0 Å². The Labute approximate surface area is 156 Å². The van der Waals surface area contributed by atoms with Gasteiger partial charge in [0.05, 0.1) is 18.3 Å². The van der Waals surface area contributed by atoms with Crippen LogP contribution in [0, 0.1) is 17.2 Å². The molecule has 0 bridgehead atoms. The van der Waals surface area contributed by atoms with E-state index in [0.29, 0.717) is 11.5 Å². The van der Waals surface area contributed by atoms with Crippen LogP contribution in [0.3, 0.4) is 0 Å². The zero-order valence-electron chi connectivity index (χ0n) is 15.5.